The van der Waals surface area contributed by atoms with Gasteiger partial charge in [-0.2, -0.15) is 4.98 Å². The molecule has 138 valence electrons. The first-order valence-electron chi connectivity index (χ1n) is 10.6. The predicted molar refractivity (Wildman–Crippen MR) is 96.2 cm³/mol. The molecule has 0 radical (unpaired) electrons. The minimum absolute atomic E-state index is 0.527. The molecule has 5 nitrogen and oxygen atoms in total. The minimum Gasteiger partial charge on any atom is -0.339 e. The lowest BCUT2D eigenvalue weighted by molar-refractivity contribution is 0.0890. The van der Waals surface area contributed by atoms with E-state index in [9.17, 15) is 0 Å². The molecule has 5 aliphatic rings. The van der Waals surface area contributed by atoms with E-state index in [-0.39, 0.29) is 0 Å². The van der Waals surface area contributed by atoms with Crippen LogP contribution in [0.25, 0.3) is 0 Å². The van der Waals surface area contributed by atoms with Crippen molar-refractivity contribution < 1.29 is 4.52 Å². The summed E-state index contributed by atoms with van der Waals surface area (Å²) in [6, 6.07) is 0.751. The first-order chi connectivity index (χ1) is 12.3. The molecule has 0 aromatic carbocycles. The third-order valence-electron chi connectivity index (χ3n) is 7.17. The quantitative estimate of drug-likeness (QED) is 0.819. The van der Waals surface area contributed by atoms with Gasteiger partial charge >= 0.3 is 0 Å². The highest BCUT2D eigenvalue weighted by atomic mass is 16.5. The van der Waals surface area contributed by atoms with Crippen LogP contribution in [0.5, 0.6) is 0 Å². The van der Waals surface area contributed by atoms with E-state index in [0.717, 1.165) is 36.1 Å². The van der Waals surface area contributed by atoms with Gasteiger partial charge in [-0.1, -0.05) is 24.4 Å². The highest BCUT2D eigenvalue weighted by Gasteiger charge is 2.36. The first-order valence-corrected chi connectivity index (χ1v) is 10.6. The third kappa shape index (κ3) is 3.50. The third-order valence-corrected chi connectivity index (χ3v) is 7.17. The molecule has 2 aliphatic carbocycles. The predicted octanol–water partition coefficient (Wildman–Crippen LogP) is 3.42. The van der Waals surface area contributed by atoms with Crippen LogP contribution in [0.4, 0.5) is 0 Å². The van der Waals surface area contributed by atoms with Crippen molar-refractivity contribution in [3.8, 4) is 0 Å². The minimum atomic E-state index is 0.527. The van der Waals surface area contributed by atoms with Gasteiger partial charge in [-0.3, -0.25) is 9.80 Å². The van der Waals surface area contributed by atoms with Gasteiger partial charge in [0.1, 0.15) is 0 Å². The van der Waals surface area contributed by atoms with Crippen molar-refractivity contribution in [1.82, 2.24) is 19.9 Å². The van der Waals surface area contributed by atoms with E-state index in [0.29, 0.717) is 5.92 Å². The molecule has 3 aliphatic heterocycles. The summed E-state index contributed by atoms with van der Waals surface area (Å²) in [7, 11) is 0. The Bertz CT molecular complexity index is 578. The van der Waals surface area contributed by atoms with Crippen molar-refractivity contribution >= 4 is 0 Å². The average molecular weight is 345 g/mol. The lowest BCUT2D eigenvalue weighted by Gasteiger charge is -2.40. The standard InChI is InChI=1S/C20H32N4O/c1-2-7-17(6-1)20-21-19(22-25-20)14-23-10-16-8-9-18(13-23)24(12-16)11-15-4-3-5-15/h15-18H,1-14H2/t16-,18+/m0/s1. The maximum Gasteiger partial charge on any atom is 0.229 e. The van der Waals surface area contributed by atoms with E-state index >= 15 is 0 Å². The first kappa shape index (κ1) is 16.2. The van der Waals surface area contributed by atoms with Crippen molar-refractivity contribution in [3.05, 3.63) is 11.7 Å². The molecule has 3 saturated heterocycles. The molecule has 4 heterocycles. The normalized spacial score (nSPS) is 32.2. The summed E-state index contributed by atoms with van der Waals surface area (Å²) < 4.78 is 5.59. The maximum atomic E-state index is 5.59. The SMILES string of the molecule is C1CC(CN2C[C@H]3CC[C@@H]2CN(Cc2noc(C4CCCC4)n2)C3)C1. The Labute approximate surface area is 151 Å². The van der Waals surface area contributed by atoms with Gasteiger partial charge in [0, 0.05) is 38.1 Å². The van der Waals surface area contributed by atoms with Crippen molar-refractivity contribution in [1.29, 1.82) is 0 Å². The van der Waals surface area contributed by atoms with Crippen LogP contribution in [-0.2, 0) is 6.54 Å². The van der Waals surface area contributed by atoms with Gasteiger partial charge in [0.05, 0.1) is 6.54 Å². The van der Waals surface area contributed by atoms with Crippen LogP contribution < -0.4 is 0 Å². The van der Waals surface area contributed by atoms with Gasteiger partial charge in [0.15, 0.2) is 5.82 Å². The van der Waals surface area contributed by atoms with Crippen molar-refractivity contribution in [2.24, 2.45) is 11.8 Å². The van der Waals surface area contributed by atoms with Crippen molar-refractivity contribution in [2.75, 3.05) is 26.2 Å². The Kier molecular flexibility index (Phi) is 4.55. The fourth-order valence-electron chi connectivity index (χ4n) is 5.51. The zero-order valence-electron chi connectivity index (χ0n) is 15.4. The Morgan fingerprint density at radius 2 is 1.80 bits per heavy atom. The number of aromatic nitrogens is 2. The zero-order valence-corrected chi connectivity index (χ0v) is 15.4. The monoisotopic (exact) mass is 344 g/mol. The van der Waals surface area contributed by atoms with Gasteiger partial charge in [-0.15, -0.1) is 0 Å². The fourth-order valence-corrected chi connectivity index (χ4v) is 5.51. The van der Waals surface area contributed by atoms with E-state index in [1.165, 1.54) is 84.0 Å². The second kappa shape index (κ2) is 6.99. The Morgan fingerprint density at radius 3 is 2.60 bits per heavy atom. The Balaban J connectivity index is 1.21. The fraction of sp³-hybridized carbons (Fsp3) is 0.900. The lowest BCUT2D eigenvalue weighted by atomic mass is 9.83. The van der Waals surface area contributed by atoms with Crippen LogP contribution in [0, 0.1) is 11.8 Å². The summed E-state index contributed by atoms with van der Waals surface area (Å²) in [4.78, 5) is 10.2. The van der Waals surface area contributed by atoms with Gasteiger partial charge in [-0.05, 0) is 50.4 Å². The lowest BCUT2D eigenvalue weighted by Crippen LogP contribution is -2.46. The number of hydrogen-bond acceptors (Lipinski definition) is 5. The van der Waals surface area contributed by atoms with Gasteiger partial charge in [-0.25, -0.2) is 0 Å². The van der Waals surface area contributed by atoms with Gasteiger partial charge < -0.3 is 4.52 Å². The zero-order chi connectivity index (χ0) is 16.6. The largest absolute Gasteiger partial charge is 0.339 e. The summed E-state index contributed by atoms with van der Waals surface area (Å²) >= 11 is 0. The van der Waals surface area contributed by atoms with Crippen molar-refractivity contribution in [2.45, 2.75) is 76.3 Å². The average Bonchev–Trinajstić information content (AvgIpc) is 3.18. The molecule has 6 rings (SSSR count). The van der Waals surface area contributed by atoms with Gasteiger partial charge in [0.25, 0.3) is 0 Å². The molecule has 2 atom stereocenters. The van der Waals surface area contributed by atoms with E-state index in [2.05, 4.69) is 15.0 Å². The summed E-state index contributed by atoms with van der Waals surface area (Å²) in [5, 5.41) is 4.30. The van der Waals surface area contributed by atoms with Crippen LogP contribution in [0.2, 0.25) is 0 Å². The van der Waals surface area contributed by atoms with Crippen molar-refractivity contribution in [3.63, 3.8) is 0 Å². The van der Waals surface area contributed by atoms with E-state index in [1.807, 2.05) is 0 Å². The van der Waals surface area contributed by atoms with Crippen LogP contribution in [0.15, 0.2) is 4.52 Å². The number of hydrogen-bond donors (Lipinski definition) is 0. The second-order valence-corrected chi connectivity index (χ2v) is 9.07. The highest BCUT2D eigenvalue weighted by molar-refractivity contribution is 4.98. The summed E-state index contributed by atoms with van der Waals surface area (Å²) in [5.41, 5.74) is 0. The second-order valence-electron chi connectivity index (χ2n) is 9.07. The topological polar surface area (TPSA) is 45.4 Å². The highest BCUT2D eigenvalue weighted by Crippen LogP contribution is 2.34. The van der Waals surface area contributed by atoms with Crippen LogP contribution in [0.1, 0.15) is 75.4 Å². The van der Waals surface area contributed by atoms with Crippen LogP contribution >= 0.6 is 0 Å². The molecule has 0 spiro atoms. The summed E-state index contributed by atoms with van der Waals surface area (Å²) in [6.07, 6.45) is 12.3. The maximum absolute atomic E-state index is 5.59. The summed E-state index contributed by atoms with van der Waals surface area (Å²) in [5.74, 6) is 4.16. The van der Waals surface area contributed by atoms with E-state index in [4.69, 9.17) is 9.51 Å². The summed E-state index contributed by atoms with van der Waals surface area (Å²) in [6.45, 7) is 5.95. The Hall–Kier alpha value is -0.940. The molecule has 2 bridgehead atoms. The molecule has 1 aromatic rings. The molecule has 5 heteroatoms. The molecule has 25 heavy (non-hydrogen) atoms. The van der Waals surface area contributed by atoms with Crippen LogP contribution in [-0.4, -0.2) is 52.2 Å². The molecule has 2 saturated carbocycles. The molecule has 0 unspecified atom stereocenters. The number of fused-ring (bicyclic) bond motifs is 4. The van der Waals surface area contributed by atoms with Gasteiger partial charge in [0.2, 0.25) is 5.89 Å². The Morgan fingerprint density at radius 1 is 0.920 bits per heavy atom. The smallest absolute Gasteiger partial charge is 0.229 e. The molecule has 0 N–H and O–H groups in total. The molecular weight excluding hydrogens is 312 g/mol. The van der Waals surface area contributed by atoms with E-state index in [1.54, 1.807) is 0 Å². The number of nitrogens with zero attached hydrogens (tertiary/aromatic N) is 4. The number of piperidine rings is 1. The number of rotatable bonds is 5. The molecular formula is C20H32N4O. The molecule has 0 amide bonds. The van der Waals surface area contributed by atoms with E-state index < -0.39 is 0 Å². The molecule has 5 fully saturated rings. The molecule has 1 aromatic heterocycles. The van der Waals surface area contributed by atoms with Crippen LogP contribution in [0.3, 0.4) is 0 Å².